The Morgan fingerprint density at radius 2 is 2.05 bits per heavy atom. The molecule has 2 rings (SSSR count). The summed E-state index contributed by atoms with van der Waals surface area (Å²) in [6.07, 6.45) is -2.31. The molecule has 0 bridgehead atoms. The van der Waals surface area contributed by atoms with E-state index in [1.54, 1.807) is 7.05 Å². The molecule has 1 aromatic rings. The van der Waals surface area contributed by atoms with Gasteiger partial charge in [-0.1, -0.05) is 0 Å². The molecule has 1 aliphatic carbocycles. The molecule has 6 heteroatoms. The Labute approximate surface area is 115 Å². The van der Waals surface area contributed by atoms with E-state index < -0.39 is 11.7 Å². The van der Waals surface area contributed by atoms with E-state index in [4.69, 9.17) is 0 Å². The Balaban J connectivity index is 2.25. The first-order chi connectivity index (χ1) is 9.32. The molecule has 1 N–H and O–H groups in total. The fourth-order valence-electron chi connectivity index (χ4n) is 2.12. The fraction of sp³-hybridized carbons (Fsp3) is 0.500. The molecule has 20 heavy (non-hydrogen) atoms. The Kier molecular flexibility index (Phi) is 3.92. The molecular formula is C14H17F3N2O. The molecule has 0 atom stereocenters. The Bertz CT molecular complexity index is 510. The van der Waals surface area contributed by atoms with Gasteiger partial charge in [-0.05, 0) is 37.0 Å². The standard InChI is InChI=1S/C14H17F3N2O/c1-18-12-6-5-10(7-11(12)14(15,16)17)13(20)19(2)8-9-3-4-9/h5-7,9,18H,3-4,8H2,1-2H3. The summed E-state index contributed by atoms with van der Waals surface area (Å²) in [6, 6.07) is 3.63. The van der Waals surface area contributed by atoms with Crippen molar-refractivity contribution in [1.29, 1.82) is 0 Å². The number of nitrogens with one attached hydrogen (secondary N) is 1. The average Bonchev–Trinajstić information content (AvgIpc) is 3.20. The number of alkyl halides is 3. The second-order valence-corrected chi connectivity index (χ2v) is 5.14. The van der Waals surface area contributed by atoms with Crippen LogP contribution in [-0.4, -0.2) is 31.4 Å². The van der Waals surface area contributed by atoms with Gasteiger partial charge in [0, 0.05) is 31.9 Å². The Morgan fingerprint density at radius 3 is 2.55 bits per heavy atom. The average molecular weight is 286 g/mol. The molecule has 0 spiro atoms. The summed E-state index contributed by atoms with van der Waals surface area (Å²) in [7, 11) is 3.05. The highest BCUT2D eigenvalue weighted by atomic mass is 19.4. The molecule has 1 fully saturated rings. The molecule has 1 aromatic carbocycles. The first-order valence-electron chi connectivity index (χ1n) is 6.47. The van der Waals surface area contributed by atoms with Gasteiger partial charge in [0.05, 0.1) is 5.56 Å². The van der Waals surface area contributed by atoms with Crippen LogP contribution >= 0.6 is 0 Å². The molecule has 3 nitrogen and oxygen atoms in total. The van der Waals surface area contributed by atoms with Gasteiger partial charge in [-0.3, -0.25) is 4.79 Å². The highest BCUT2D eigenvalue weighted by molar-refractivity contribution is 5.94. The van der Waals surface area contributed by atoms with Crippen molar-refractivity contribution in [1.82, 2.24) is 4.90 Å². The van der Waals surface area contributed by atoms with E-state index in [0.717, 1.165) is 18.9 Å². The maximum Gasteiger partial charge on any atom is 0.418 e. The van der Waals surface area contributed by atoms with Crippen molar-refractivity contribution >= 4 is 11.6 Å². The Hall–Kier alpha value is -1.72. The summed E-state index contributed by atoms with van der Waals surface area (Å²) in [6.45, 7) is 0.605. The van der Waals surface area contributed by atoms with Crippen LogP contribution in [0.3, 0.4) is 0 Å². The van der Waals surface area contributed by atoms with Gasteiger partial charge in [0.25, 0.3) is 5.91 Å². The number of hydrogen-bond donors (Lipinski definition) is 1. The van der Waals surface area contributed by atoms with Crippen LogP contribution in [0, 0.1) is 5.92 Å². The SMILES string of the molecule is CNc1ccc(C(=O)N(C)CC2CC2)cc1C(F)(F)F. The van der Waals surface area contributed by atoms with E-state index in [-0.39, 0.29) is 17.2 Å². The van der Waals surface area contributed by atoms with Gasteiger partial charge >= 0.3 is 6.18 Å². The summed E-state index contributed by atoms with van der Waals surface area (Å²) in [5.74, 6) is 0.132. The second-order valence-electron chi connectivity index (χ2n) is 5.14. The number of nitrogens with zero attached hydrogens (tertiary/aromatic N) is 1. The van der Waals surface area contributed by atoms with Crippen LogP contribution in [0.5, 0.6) is 0 Å². The van der Waals surface area contributed by atoms with E-state index in [9.17, 15) is 18.0 Å². The van der Waals surface area contributed by atoms with Crippen LogP contribution in [0.25, 0.3) is 0 Å². The van der Waals surface area contributed by atoms with Gasteiger partial charge in [0.2, 0.25) is 0 Å². The zero-order valence-corrected chi connectivity index (χ0v) is 11.4. The third-order valence-corrected chi connectivity index (χ3v) is 3.42. The minimum Gasteiger partial charge on any atom is -0.388 e. The van der Waals surface area contributed by atoms with Crippen molar-refractivity contribution in [2.24, 2.45) is 5.92 Å². The van der Waals surface area contributed by atoms with Crippen molar-refractivity contribution in [3.8, 4) is 0 Å². The van der Waals surface area contributed by atoms with Crippen molar-refractivity contribution in [2.75, 3.05) is 26.0 Å². The lowest BCUT2D eigenvalue weighted by atomic mass is 10.1. The van der Waals surface area contributed by atoms with Gasteiger partial charge in [-0.15, -0.1) is 0 Å². The maximum absolute atomic E-state index is 12.9. The van der Waals surface area contributed by atoms with Gasteiger partial charge in [0.1, 0.15) is 0 Å². The van der Waals surface area contributed by atoms with Crippen molar-refractivity contribution < 1.29 is 18.0 Å². The molecule has 0 aromatic heterocycles. The van der Waals surface area contributed by atoms with E-state index >= 15 is 0 Å². The van der Waals surface area contributed by atoms with Gasteiger partial charge in [-0.2, -0.15) is 13.2 Å². The number of amides is 1. The third-order valence-electron chi connectivity index (χ3n) is 3.42. The largest absolute Gasteiger partial charge is 0.418 e. The predicted octanol–water partition coefficient (Wildman–Crippen LogP) is 3.23. The maximum atomic E-state index is 12.9. The van der Waals surface area contributed by atoms with Crippen LogP contribution in [-0.2, 0) is 6.18 Å². The number of anilines is 1. The molecular weight excluding hydrogens is 269 g/mol. The number of rotatable bonds is 4. The minimum atomic E-state index is -4.48. The van der Waals surface area contributed by atoms with E-state index in [1.807, 2.05) is 0 Å². The minimum absolute atomic E-state index is 0.0288. The van der Waals surface area contributed by atoms with Gasteiger partial charge < -0.3 is 10.2 Å². The molecule has 0 radical (unpaired) electrons. The normalized spacial score (nSPS) is 15.1. The molecule has 0 aliphatic heterocycles. The zero-order valence-electron chi connectivity index (χ0n) is 11.4. The van der Waals surface area contributed by atoms with Crippen LogP contribution in [0.1, 0.15) is 28.8 Å². The van der Waals surface area contributed by atoms with Crippen molar-refractivity contribution in [2.45, 2.75) is 19.0 Å². The lowest BCUT2D eigenvalue weighted by Crippen LogP contribution is -2.29. The summed E-state index contributed by atoms with van der Waals surface area (Å²) >= 11 is 0. The highest BCUT2D eigenvalue weighted by Crippen LogP contribution is 2.35. The number of carbonyl (C=O) groups is 1. The second kappa shape index (κ2) is 5.34. The van der Waals surface area contributed by atoms with Crippen molar-refractivity contribution in [3.63, 3.8) is 0 Å². The summed E-state index contributed by atoms with van der Waals surface area (Å²) in [5.41, 5.74) is -0.774. The molecule has 1 saturated carbocycles. The molecule has 0 unspecified atom stereocenters. The topological polar surface area (TPSA) is 32.3 Å². The number of benzene rings is 1. The van der Waals surface area contributed by atoms with Crippen LogP contribution in [0.15, 0.2) is 18.2 Å². The van der Waals surface area contributed by atoms with E-state index in [0.29, 0.717) is 12.5 Å². The van der Waals surface area contributed by atoms with Crippen LogP contribution in [0.4, 0.5) is 18.9 Å². The van der Waals surface area contributed by atoms with Gasteiger partial charge in [-0.25, -0.2) is 0 Å². The third kappa shape index (κ3) is 3.23. The summed E-state index contributed by atoms with van der Waals surface area (Å²) < 4.78 is 38.8. The van der Waals surface area contributed by atoms with Gasteiger partial charge in [0.15, 0.2) is 0 Å². The first-order valence-corrected chi connectivity index (χ1v) is 6.47. The first kappa shape index (κ1) is 14.7. The highest BCUT2D eigenvalue weighted by Gasteiger charge is 2.34. The summed E-state index contributed by atoms with van der Waals surface area (Å²) in [4.78, 5) is 13.6. The molecule has 1 amide bonds. The molecule has 0 saturated heterocycles. The zero-order chi connectivity index (χ0) is 14.9. The lowest BCUT2D eigenvalue weighted by Gasteiger charge is -2.19. The van der Waals surface area contributed by atoms with E-state index in [1.165, 1.54) is 24.1 Å². The lowest BCUT2D eigenvalue weighted by molar-refractivity contribution is -0.136. The molecule has 110 valence electrons. The molecule has 0 heterocycles. The smallest absolute Gasteiger partial charge is 0.388 e. The number of halogens is 3. The number of carbonyl (C=O) groups excluding carboxylic acids is 1. The number of hydrogen-bond acceptors (Lipinski definition) is 2. The van der Waals surface area contributed by atoms with Crippen LogP contribution in [0.2, 0.25) is 0 Å². The predicted molar refractivity (Wildman–Crippen MR) is 70.7 cm³/mol. The summed E-state index contributed by atoms with van der Waals surface area (Å²) in [5, 5.41) is 2.49. The Morgan fingerprint density at radius 1 is 1.40 bits per heavy atom. The van der Waals surface area contributed by atoms with E-state index in [2.05, 4.69) is 5.32 Å². The fourth-order valence-corrected chi connectivity index (χ4v) is 2.12. The van der Waals surface area contributed by atoms with Crippen LogP contribution < -0.4 is 5.32 Å². The van der Waals surface area contributed by atoms with Crippen molar-refractivity contribution in [3.05, 3.63) is 29.3 Å². The quantitative estimate of drug-likeness (QED) is 0.921. The molecule has 1 aliphatic rings. The monoisotopic (exact) mass is 286 g/mol.